The zero-order valence-electron chi connectivity index (χ0n) is 21.5. The molecule has 0 saturated carbocycles. The first-order chi connectivity index (χ1) is 15.5. The smallest absolute Gasteiger partial charge is 0.410 e. The number of piperidine rings is 1. The van der Waals surface area contributed by atoms with Gasteiger partial charge in [-0.05, 0) is 98.4 Å². The molecule has 0 radical (unpaired) electrons. The maximum Gasteiger partial charge on any atom is 0.410 e. The number of rotatable bonds is 7. The fourth-order valence-corrected chi connectivity index (χ4v) is 4.40. The van der Waals surface area contributed by atoms with Crippen LogP contribution in [-0.4, -0.2) is 53.8 Å². The summed E-state index contributed by atoms with van der Waals surface area (Å²) >= 11 is 0. The van der Waals surface area contributed by atoms with Crippen LogP contribution in [0.25, 0.3) is 11.0 Å². The van der Waals surface area contributed by atoms with Gasteiger partial charge in [0, 0.05) is 30.6 Å². The Labute approximate surface area is 198 Å². The third-order valence-corrected chi connectivity index (χ3v) is 6.18. The number of nitrogens with zero attached hydrogens (tertiary/aromatic N) is 3. The molecule has 2 heterocycles. The lowest BCUT2D eigenvalue weighted by molar-refractivity contribution is 0.0181. The number of hydrogen-bond acceptors (Lipinski definition) is 5. The molecule has 3 rings (SSSR count). The highest BCUT2D eigenvalue weighted by atomic mass is 16.6. The summed E-state index contributed by atoms with van der Waals surface area (Å²) in [6.45, 7) is 12.4. The summed E-state index contributed by atoms with van der Waals surface area (Å²) in [5.41, 5.74) is 5.39. The van der Waals surface area contributed by atoms with Crippen molar-refractivity contribution in [3.63, 3.8) is 0 Å². The number of fused-ring (bicyclic) bond motifs is 1. The number of carbonyl (C=O) groups is 1. The molecular weight excluding hydrogens is 414 g/mol. The van der Waals surface area contributed by atoms with Gasteiger partial charge in [0.05, 0.1) is 5.69 Å². The molecular formula is C27H41N3O3. The maximum absolute atomic E-state index is 12.3. The molecule has 0 unspecified atom stereocenters. The highest BCUT2D eigenvalue weighted by Crippen LogP contribution is 2.30. The van der Waals surface area contributed by atoms with Crippen LogP contribution in [-0.2, 0) is 24.1 Å². The Balaban J connectivity index is 1.65. The van der Waals surface area contributed by atoms with Crippen LogP contribution in [0.2, 0.25) is 0 Å². The van der Waals surface area contributed by atoms with Crippen molar-refractivity contribution < 1.29 is 14.1 Å². The Morgan fingerprint density at radius 2 is 1.94 bits per heavy atom. The van der Waals surface area contributed by atoms with Crippen molar-refractivity contribution in [3.05, 3.63) is 40.6 Å². The number of likely N-dealkylation sites (tertiary alicyclic amines) is 1. The van der Waals surface area contributed by atoms with Gasteiger partial charge >= 0.3 is 6.09 Å². The van der Waals surface area contributed by atoms with Gasteiger partial charge in [0.15, 0.2) is 5.58 Å². The lowest BCUT2D eigenvalue weighted by Gasteiger charge is -2.33. The van der Waals surface area contributed by atoms with E-state index in [4.69, 9.17) is 9.26 Å². The monoisotopic (exact) mass is 455 g/mol. The summed E-state index contributed by atoms with van der Waals surface area (Å²) < 4.78 is 11.4. The molecule has 1 aromatic carbocycles. The first-order valence-electron chi connectivity index (χ1n) is 12.2. The van der Waals surface area contributed by atoms with E-state index in [1.807, 2.05) is 25.7 Å². The minimum Gasteiger partial charge on any atom is -0.444 e. The fraction of sp³-hybridized carbons (Fsp3) is 0.630. The number of aryl methyl sites for hydroxylation is 1. The van der Waals surface area contributed by atoms with Crippen molar-refractivity contribution in [2.75, 3.05) is 27.2 Å². The quantitative estimate of drug-likeness (QED) is 0.481. The standard InChI is InChI=1S/C27H41N3O3/c1-19(2)8-10-21-11-12-22-24(28-33-25(22)23(21)18-29(6)7)13-9-20-14-16-30(17-15-20)26(31)32-27(3,4)5/h8,11-12,20H,9-10,13-18H2,1-7H3. The number of amides is 1. The largest absolute Gasteiger partial charge is 0.444 e. The lowest BCUT2D eigenvalue weighted by atomic mass is 9.91. The molecule has 0 N–H and O–H groups in total. The van der Waals surface area contributed by atoms with Gasteiger partial charge in [0.1, 0.15) is 5.60 Å². The minimum atomic E-state index is -0.446. The zero-order chi connectivity index (χ0) is 24.2. The lowest BCUT2D eigenvalue weighted by Crippen LogP contribution is -2.41. The summed E-state index contributed by atoms with van der Waals surface area (Å²) in [4.78, 5) is 16.3. The summed E-state index contributed by atoms with van der Waals surface area (Å²) in [5, 5.41) is 5.61. The van der Waals surface area contributed by atoms with Crippen molar-refractivity contribution in [2.24, 2.45) is 5.92 Å². The second kappa shape index (κ2) is 10.7. The van der Waals surface area contributed by atoms with Crippen LogP contribution in [0.5, 0.6) is 0 Å². The van der Waals surface area contributed by atoms with Crippen LogP contribution in [0, 0.1) is 5.92 Å². The van der Waals surface area contributed by atoms with Gasteiger partial charge in [0.25, 0.3) is 0 Å². The Kier molecular flexibility index (Phi) is 8.22. The van der Waals surface area contributed by atoms with Gasteiger partial charge in [-0.3, -0.25) is 0 Å². The van der Waals surface area contributed by atoms with E-state index in [1.165, 1.54) is 16.7 Å². The van der Waals surface area contributed by atoms with Gasteiger partial charge in [-0.1, -0.05) is 22.9 Å². The molecule has 1 saturated heterocycles. The first kappa shape index (κ1) is 25.3. The predicted octanol–water partition coefficient (Wildman–Crippen LogP) is 5.98. The average molecular weight is 456 g/mol. The number of hydrogen-bond donors (Lipinski definition) is 0. The van der Waals surface area contributed by atoms with E-state index in [2.05, 4.69) is 56.2 Å². The molecule has 1 fully saturated rings. The molecule has 1 aliphatic heterocycles. The molecule has 0 aliphatic carbocycles. The molecule has 0 bridgehead atoms. The van der Waals surface area contributed by atoms with Crippen molar-refractivity contribution in [3.8, 4) is 0 Å². The second-order valence-corrected chi connectivity index (χ2v) is 10.9. The first-order valence-corrected chi connectivity index (χ1v) is 12.2. The van der Waals surface area contributed by atoms with Crippen LogP contribution in [0.4, 0.5) is 4.79 Å². The van der Waals surface area contributed by atoms with E-state index in [9.17, 15) is 4.79 Å². The SMILES string of the molecule is CC(C)=CCc1ccc2c(CCC3CCN(C(=O)OC(C)(C)C)CC3)noc2c1CN(C)C. The molecule has 1 aliphatic rings. The number of aromatic nitrogens is 1. The summed E-state index contributed by atoms with van der Waals surface area (Å²) in [7, 11) is 4.18. The molecule has 6 heteroatoms. The van der Waals surface area contributed by atoms with Crippen LogP contribution >= 0.6 is 0 Å². The molecule has 6 nitrogen and oxygen atoms in total. The molecule has 0 atom stereocenters. The normalized spacial score (nSPS) is 15.3. The maximum atomic E-state index is 12.3. The Hall–Kier alpha value is -2.34. The van der Waals surface area contributed by atoms with Gasteiger partial charge in [-0.25, -0.2) is 4.79 Å². The van der Waals surface area contributed by atoms with Crippen molar-refractivity contribution in [1.29, 1.82) is 0 Å². The highest BCUT2D eigenvalue weighted by Gasteiger charge is 2.27. The Morgan fingerprint density at radius 1 is 1.24 bits per heavy atom. The third kappa shape index (κ3) is 7.07. The average Bonchev–Trinajstić information content (AvgIpc) is 3.13. The van der Waals surface area contributed by atoms with Gasteiger partial charge in [0.2, 0.25) is 0 Å². The topological polar surface area (TPSA) is 58.8 Å². The van der Waals surface area contributed by atoms with Crippen LogP contribution in [0.1, 0.15) is 70.7 Å². The Bertz CT molecular complexity index is 972. The van der Waals surface area contributed by atoms with E-state index in [0.717, 1.165) is 68.4 Å². The molecule has 182 valence electrons. The molecule has 0 spiro atoms. The van der Waals surface area contributed by atoms with E-state index in [1.54, 1.807) is 0 Å². The minimum absolute atomic E-state index is 0.194. The van der Waals surface area contributed by atoms with E-state index in [-0.39, 0.29) is 6.09 Å². The van der Waals surface area contributed by atoms with Crippen LogP contribution in [0.15, 0.2) is 28.3 Å². The summed E-state index contributed by atoms with van der Waals surface area (Å²) in [6, 6.07) is 4.42. The zero-order valence-corrected chi connectivity index (χ0v) is 21.5. The van der Waals surface area contributed by atoms with Crippen LogP contribution < -0.4 is 0 Å². The highest BCUT2D eigenvalue weighted by molar-refractivity contribution is 5.83. The van der Waals surface area contributed by atoms with Gasteiger partial charge in [-0.2, -0.15) is 0 Å². The summed E-state index contributed by atoms with van der Waals surface area (Å²) in [5.74, 6) is 0.591. The second-order valence-electron chi connectivity index (χ2n) is 10.9. The fourth-order valence-electron chi connectivity index (χ4n) is 4.40. The molecule has 1 aromatic heterocycles. The number of ether oxygens (including phenoxy) is 1. The van der Waals surface area contributed by atoms with Crippen LogP contribution in [0.3, 0.4) is 0 Å². The number of allylic oxidation sites excluding steroid dienone is 2. The third-order valence-electron chi connectivity index (χ3n) is 6.18. The summed E-state index contributed by atoms with van der Waals surface area (Å²) in [6.07, 6.45) is 6.96. The number of carbonyl (C=O) groups excluding carboxylic acids is 1. The van der Waals surface area contributed by atoms with E-state index >= 15 is 0 Å². The van der Waals surface area contributed by atoms with Crippen molar-refractivity contribution in [1.82, 2.24) is 15.0 Å². The Morgan fingerprint density at radius 3 is 2.55 bits per heavy atom. The van der Waals surface area contributed by atoms with Crippen molar-refractivity contribution >= 4 is 17.1 Å². The molecule has 1 amide bonds. The van der Waals surface area contributed by atoms with E-state index in [0.29, 0.717) is 5.92 Å². The predicted molar refractivity (Wildman–Crippen MR) is 133 cm³/mol. The van der Waals surface area contributed by atoms with E-state index < -0.39 is 5.60 Å². The van der Waals surface area contributed by atoms with Gasteiger partial charge < -0.3 is 19.1 Å². The van der Waals surface area contributed by atoms with Crippen molar-refractivity contribution in [2.45, 2.75) is 78.9 Å². The number of benzene rings is 1. The molecule has 33 heavy (non-hydrogen) atoms. The van der Waals surface area contributed by atoms with Gasteiger partial charge in [-0.15, -0.1) is 0 Å². The molecule has 2 aromatic rings.